The third kappa shape index (κ3) is 17.1. The molecule has 0 saturated heterocycles. The number of nitrogens with zero attached hydrogens (tertiary/aromatic N) is 6. The predicted molar refractivity (Wildman–Crippen MR) is 218 cm³/mol. The highest BCUT2D eigenvalue weighted by Gasteiger charge is 2.20. The number of nitrogens with one attached hydrogen (secondary N) is 2. The highest BCUT2D eigenvalue weighted by Crippen LogP contribution is 2.22. The van der Waals surface area contributed by atoms with Gasteiger partial charge in [-0.05, 0) is 110 Å². The first-order valence-corrected chi connectivity index (χ1v) is 24.4. The van der Waals surface area contributed by atoms with Crippen LogP contribution in [0.3, 0.4) is 0 Å². The second-order valence-electron chi connectivity index (χ2n) is 13.7. The zero-order valence-electron chi connectivity index (χ0n) is 32.4. The lowest BCUT2D eigenvalue weighted by Gasteiger charge is -2.15. The number of benzene rings is 2. The molecular formula is C36H50N8O10S4. The Bertz CT molecular complexity index is 2290. The highest BCUT2D eigenvalue weighted by molar-refractivity contribution is 7.91. The second-order valence-corrected chi connectivity index (χ2v) is 20.8. The van der Waals surface area contributed by atoms with E-state index in [9.17, 15) is 43.3 Å². The summed E-state index contributed by atoms with van der Waals surface area (Å²) in [6, 6.07) is 8.82. The van der Waals surface area contributed by atoms with Gasteiger partial charge in [0.1, 0.15) is 5.78 Å². The Hall–Kier alpha value is -4.56. The lowest BCUT2D eigenvalue weighted by Crippen LogP contribution is -2.31. The van der Waals surface area contributed by atoms with Crippen LogP contribution in [-0.2, 0) is 49.5 Å². The Kier molecular flexibility index (Phi) is 20.3. The first-order valence-electron chi connectivity index (χ1n) is 18.4. The minimum Gasteiger partial charge on any atom is -0.356 e. The van der Waals surface area contributed by atoms with Crippen LogP contribution < -0.4 is 10.0 Å². The number of amides is 1. The molecule has 22 heteroatoms. The van der Waals surface area contributed by atoms with Crippen molar-refractivity contribution in [1.82, 2.24) is 10.0 Å². The number of Topliss-reactive ketones (excluding diaryl/α,β-unsaturated/α-hetero) is 1. The molecular weight excluding hydrogens is 833 g/mol. The third-order valence-corrected chi connectivity index (χ3v) is 14.6. The molecule has 2 aromatic rings. The fourth-order valence-corrected chi connectivity index (χ4v) is 9.54. The molecule has 2 aromatic carbocycles. The zero-order valence-corrected chi connectivity index (χ0v) is 35.6. The smallest absolute Gasteiger partial charge is 0.264 e. The molecule has 3 unspecified atom stereocenters. The van der Waals surface area contributed by atoms with Gasteiger partial charge >= 0.3 is 0 Å². The molecule has 0 aromatic heterocycles. The van der Waals surface area contributed by atoms with Crippen molar-refractivity contribution in [2.24, 2.45) is 26.8 Å². The quantitative estimate of drug-likeness (QED) is 0.0301. The number of ketones is 1. The van der Waals surface area contributed by atoms with E-state index in [2.05, 4.69) is 35.5 Å². The number of unbranched alkanes of at least 4 members (excludes halogenated alkanes) is 1. The van der Waals surface area contributed by atoms with Crippen LogP contribution in [0, 0.1) is 17.8 Å². The van der Waals surface area contributed by atoms with E-state index in [1.165, 1.54) is 12.1 Å². The Balaban J connectivity index is 1.61. The Morgan fingerprint density at radius 2 is 1.26 bits per heavy atom. The van der Waals surface area contributed by atoms with Gasteiger partial charge in [0.05, 0.1) is 31.3 Å². The molecule has 2 N–H and O–H groups in total. The zero-order chi connectivity index (χ0) is 43.4. The van der Waals surface area contributed by atoms with Gasteiger partial charge in [-0.15, -0.1) is 6.58 Å². The first kappa shape index (κ1) is 49.6. The fourth-order valence-electron chi connectivity index (χ4n) is 5.53. The SMILES string of the molecule is C=CC(CC/C=C/CC(=O)CCCCC(C)CCS(=O)(=O)c1ccc(S(=O)(=O)N=[N+]=[N-])cc1)C(=O)NCCCC(C)CNS(=O)(=O)c1ccc(S(=O)(=O)N=[N+]=[N-])cc1. The van der Waals surface area contributed by atoms with Crippen LogP contribution in [0.5, 0.6) is 0 Å². The number of hydrogen-bond acceptors (Lipinski definition) is 10. The van der Waals surface area contributed by atoms with E-state index in [1.54, 1.807) is 12.2 Å². The third-order valence-electron chi connectivity index (χ3n) is 9.06. The van der Waals surface area contributed by atoms with Crippen molar-refractivity contribution in [3.63, 3.8) is 0 Å². The normalized spacial score (nSPS) is 13.8. The van der Waals surface area contributed by atoms with Gasteiger partial charge in [-0.1, -0.05) is 44.9 Å². The van der Waals surface area contributed by atoms with Crippen molar-refractivity contribution in [2.75, 3.05) is 18.8 Å². The van der Waals surface area contributed by atoms with Crippen molar-refractivity contribution < 1.29 is 43.3 Å². The average Bonchev–Trinajstić information content (AvgIpc) is 3.18. The van der Waals surface area contributed by atoms with Crippen molar-refractivity contribution >= 4 is 51.6 Å². The fraction of sp³-hybridized carbons (Fsp3) is 0.500. The summed E-state index contributed by atoms with van der Waals surface area (Å²) in [6.45, 7) is 8.05. The number of sulfone groups is 1. The summed E-state index contributed by atoms with van der Waals surface area (Å²) in [5.41, 5.74) is 16.8. The summed E-state index contributed by atoms with van der Waals surface area (Å²) in [5.74, 6) is -0.628. The summed E-state index contributed by atoms with van der Waals surface area (Å²) in [6.07, 6.45) is 10.7. The Labute approximate surface area is 340 Å². The maximum atomic E-state index is 12.7. The first-order chi connectivity index (χ1) is 27.3. The lowest BCUT2D eigenvalue weighted by molar-refractivity contribution is -0.123. The van der Waals surface area contributed by atoms with E-state index in [4.69, 9.17) is 11.1 Å². The van der Waals surface area contributed by atoms with Gasteiger partial charge in [0.15, 0.2) is 9.84 Å². The minimum atomic E-state index is -4.23. The predicted octanol–water partition coefficient (Wildman–Crippen LogP) is 6.65. The molecule has 0 aliphatic carbocycles. The molecule has 0 saturated carbocycles. The molecule has 58 heavy (non-hydrogen) atoms. The van der Waals surface area contributed by atoms with Crippen LogP contribution in [0.25, 0.3) is 20.9 Å². The van der Waals surface area contributed by atoms with E-state index in [0.717, 1.165) is 49.2 Å². The number of allylic oxidation sites excluding steroid dienone is 2. The summed E-state index contributed by atoms with van der Waals surface area (Å²) >= 11 is 0. The van der Waals surface area contributed by atoms with Gasteiger partial charge < -0.3 is 5.32 Å². The standard InChI is InChI=1S/C36H50N8O10S4/c1-4-30(36(46)39-25-10-12-29(3)27-40-56(49,50)33-20-22-35(23-21-33)58(53,54)44-42-38)13-6-5-7-14-31(45)15-9-8-11-28(2)24-26-55(47,48)32-16-18-34(19-17-32)57(51,52)43-41-37/h4-5,7,16-23,28-30,40H,1,6,8-15,24-27H2,2-3H3,(H,39,46)/b7-5+. The van der Waals surface area contributed by atoms with E-state index >= 15 is 0 Å². The van der Waals surface area contributed by atoms with E-state index < -0.39 is 45.8 Å². The molecule has 0 spiro atoms. The number of hydrogen-bond donors (Lipinski definition) is 2. The number of rotatable bonds is 28. The van der Waals surface area contributed by atoms with Crippen molar-refractivity contribution in [1.29, 1.82) is 0 Å². The minimum absolute atomic E-state index is 0.0258. The molecule has 0 radical (unpaired) electrons. The molecule has 0 aliphatic heterocycles. The van der Waals surface area contributed by atoms with E-state index in [1.807, 2.05) is 19.9 Å². The number of carbonyl (C=O) groups excluding carboxylic acids is 2. The summed E-state index contributed by atoms with van der Waals surface area (Å²) in [4.78, 5) is 28.7. The van der Waals surface area contributed by atoms with Crippen LogP contribution >= 0.6 is 0 Å². The molecule has 0 bridgehead atoms. The summed E-state index contributed by atoms with van der Waals surface area (Å²) in [7, 11) is -16.0. The van der Waals surface area contributed by atoms with Gasteiger partial charge in [-0.2, -0.15) is 0 Å². The topological polar surface area (TPSA) is 292 Å². The molecule has 0 fully saturated rings. The molecule has 3 atom stereocenters. The maximum absolute atomic E-state index is 12.7. The highest BCUT2D eigenvalue weighted by atomic mass is 32.2. The van der Waals surface area contributed by atoms with E-state index in [-0.39, 0.29) is 61.8 Å². The summed E-state index contributed by atoms with van der Waals surface area (Å²) in [5, 5.41) is 2.88. The van der Waals surface area contributed by atoms with Crippen LogP contribution in [0.15, 0.2) is 102 Å². The van der Waals surface area contributed by atoms with Crippen LogP contribution in [0.4, 0.5) is 0 Å². The van der Waals surface area contributed by atoms with Crippen LogP contribution in [0.2, 0.25) is 0 Å². The van der Waals surface area contributed by atoms with Crippen molar-refractivity contribution in [3.05, 3.63) is 94.2 Å². The molecule has 2 rings (SSSR count). The molecule has 0 heterocycles. The Morgan fingerprint density at radius 3 is 1.81 bits per heavy atom. The van der Waals surface area contributed by atoms with Crippen LogP contribution in [-0.4, -0.2) is 64.2 Å². The Morgan fingerprint density at radius 1 is 0.724 bits per heavy atom. The van der Waals surface area contributed by atoms with Gasteiger partial charge in [0.2, 0.25) is 15.9 Å². The molecule has 1 amide bonds. The van der Waals surface area contributed by atoms with Crippen molar-refractivity contribution in [3.8, 4) is 0 Å². The average molecular weight is 883 g/mol. The molecule has 18 nitrogen and oxygen atoms in total. The molecule has 318 valence electrons. The van der Waals surface area contributed by atoms with Crippen molar-refractivity contribution in [2.45, 2.75) is 97.6 Å². The lowest BCUT2D eigenvalue weighted by atomic mass is 9.99. The second kappa shape index (κ2) is 23.7. The van der Waals surface area contributed by atoms with Gasteiger partial charge in [-0.3, -0.25) is 9.59 Å². The van der Waals surface area contributed by atoms with Crippen LogP contribution in [0.1, 0.15) is 78.1 Å². The van der Waals surface area contributed by atoms with Gasteiger partial charge in [-0.25, -0.2) is 38.4 Å². The van der Waals surface area contributed by atoms with Gasteiger partial charge in [0.25, 0.3) is 20.0 Å². The largest absolute Gasteiger partial charge is 0.356 e. The van der Waals surface area contributed by atoms with E-state index in [0.29, 0.717) is 51.5 Å². The molecule has 0 aliphatic rings. The monoisotopic (exact) mass is 882 g/mol. The number of carbonyl (C=O) groups is 2. The van der Waals surface area contributed by atoms with Gasteiger partial charge in [0, 0.05) is 44.8 Å². The maximum Gasteiger partial charge on any atom is 0.264 e. The number of azide groups is 2. The number of sulfonamides is 3. The summed E-state index contributed by atoms with van der Waals surface area (Å²) < 4.78 is 106.